The van der Waals surface area contributed by atoms with Crippen molar-refractivity contribution >= 4 is 15.7 Å². The quantitative estimate of drug-likeness (QED) is 0.345. The van der Waals surface area contributed by atoms with Crippen LogP contribution in [0, 0.1) is 5.82 Å². The van der Waals surface area contributed by atoms with Crippen LogP contribution in [0.5, 0.6) is 0 Å². The van der Waals surface area contributed by atoms with E-state index in [1.807, 2.05) is 0 Å². The Morgan fingerprint density at radius 1 is 1.02 bits per heavy atom. The molecular formula is C24H19F8N5O3S. The summed E-state index contributed by atoms with van der Waals surface area (Å²) in [6, 6.07) is 4.00. The van der Waals surface area contributed by atoms with Crippen LogP contribution in [0.25, 0.3) is 0 Å². The first kappa shape index (κ1) is 28.9. The molecule has 0 unspecified atom stereocenters. The minimum absolute atomic E-state index is 0.00771. The van der Waals surface area contributed by atoms with Crippen molar-refractivity contribution in [3.05, 3.63) is 70.8 Å². The van der Waals surface area contributed by atoms with Crippen molar-refractivity contribution in [2.45, 2.75) is 59.4 Å². The standard InChI is InChI=1S/C24H19F8N5O3S/c25-15-3-5-16(6-4-15)41(39,40)21-9-10-37(20(38)12-19-33-35-36-34-19)18(21)8-1-13-11-14(2-7-17(13)21)22(26,23(27,28)29)24(30,31)32/h2-7,11,18H,1,8-10,12H2,(H,33,34,35,36)/t18-,21-/m1/s1. The summed E-state index contributed by atoms with van der Waals surface area (Å²) in [5, 5.41) is 12.9. The number of aromatic amines is 1. The molecule has 2 atom stereocenters. The monoisotopic (exact) mass is 609 g/mol. The molecule has 0 bridgehead atoms. The predicted octanol–water partition coefficient (Wildman–Crippen LogP) is 4.09. The van der Waals surface area contributed by atoms with Gasteiger partial charge < -0.3 is 4.90 Å². The number of likely N-dealkylation sites (tertiary alicyclic amines) is 1. The summed E-state index contributed by atoms with van der Waals surface area (Å²) < 4.78 is 136. The molecule has 2 heterocycles. The maximum absolute atomic E-state index is 14.9. The number of aromatic nitrogens is 4. The number of amides is 1. The van der Waals surface area contributed by atoms with Gasteiger partial charge in [-0.05, 0) is 54.7 Å². The predicted molar refractivity (Wildman–Crippen MR) is 123 cm³/mol. The van der Waals surface area contributed by atoms with Gasteiger partial charge in [-0.3, -0.25) is 4.79 Å². The fraction of sp³-hybridized carbons (Fsp3) is 0.417. The maximum Gasteiger partial charge on any atom is 0.435 e. The average Bonchev–Trinajstić information content (AvgIpc) is 3.55. The van der Waals surface area contributed by atoms with Gasteiger partial charge in [0.25, 0.3) is 0 Å². The first-order valence-electron chi connectivity index (χ1n) is 12.0. The van der Waals surface area contributed by atoms with Crippen LogP contribution >= 0.6 is 0 Å². The number of rotatable bonds is 5. The lowest BCUT2D eigenvalue weighted by Crippen LogP contribution is -2.53. The van der Waals surface area contributed by atoms with E-state index in [0.717, 1.165) is 30.3 Å². The molecule has 1 aliphatic carbocycles. The molecule has 0 saturated carbocycles. The Balaban J connectivity index is 1.67. The van der Waals surface area contributed by atoms with Crippen molar-refractivity contribution in [2.75, 3.05) is 6.54 Å². The van der Waals surface area contributed by atoms with Gasteiger partial charge in [0.1, 0.15) is 10.6 Å². The van der Waals surface area contributed by atoms with Gasteiger partial charge in [-0.2, -0.15) is 31.6 Å². The number of nitrogens with zero attached hydrogens (tertiary/aromatic N) is 4. The van der Waals surface area contributed by atoms with Gasteiger partial charge in [0.15, 0.2) is 15.7 Å². The lowest BCUT2D eigenvalue weighted by atomic mass is 9.76. The molecule has 0 spiro atoms. The topological polar surface area (TPSA) is 109 Å². The molecule has 41 heavy (non-hydrogen) atoms. The molecule has 5 rings (SSSR count). The number of carbonyl (C=O) groups excluding carboxylic acids is 1. The summed E-state index contributed by atoms with van der Waals surface area (Å²) in [6.45, 7) is -0.152. The minimum atomic E-state index is -6.36. The number of alkyl halides is 7. The van der Waals surface area contributed by atoms with Crippen LogP contribution in [-0.4, -0.2) is 64.8 Å². The molecule has 0 radical (unpaired) electrons. The third-order valence-electron chi connectivity index (χ3n) is 7.69. The molecule has 1 amide bonds. The highest BCUT2D eigenvalue weighted by molar-refractivity contribution is 7.92. The van der Waals surface area contributed by atoms with Crippen molar-refractivity contribution in [2.24, 2.45) is 0 Å². The molecule has 17 heteroatoms. The molecule has 1 aliphatic heterocycles. The molecule has 1 saturated heterocycles. The number of H-pyrrole nitrogens is 1. The number of benzene rings is 2. The smallest absolute Gasteiger partial charge is 0.337 e. The highest BCUT2D eigenvalue weighted by Crippen LogP contribution is 2.56. The highest BCUT2D eigenvalue weighted by atomic mass is 32.2. The van der Waals surface area contributed by atoms with E-state index in [-0.39, 0.29) is 60.1 Å². The SMILES string of the molecule is O=C(Cc1nn[nH]n1)N1CC[C@@]2(S(=O)(=O)c3ccc(F)cc3)c3ccc(C(F)(C(F)(F)F)C(F)(F)F)cc3CC[C@@H]12. The van der Waals surface area contributed by atoms with Crippen molar-refractivity contribution in [3.8, 4) is 0 Å². The number of halogens is 8. The van der Waals surface area contributed by atoms with Gasteiger partial charge in [-0.1, -0.05) is 23.4 Å². The number of sulfone groups is 1. The van der Waals surface area contributed by atoms with Gasteiger partial charge in [0, 0.05) is 12.1 Å². The van der Waals surface area contributed by atoms with Crippen LogP contribution in [0.4, 0.5) is 35.1 Å². The Bertz CT molecular complexity index is 1560. The number of hydrogen-bond donors (Lipinski definition) is 1. The van der Waals surface area contributed by atoms with Gasteiger partial charge in [-0.15, -0.1) is 10.2 Å². The van der Waals surface area contributed by atoms with E-state index in [4.69, 9.17) is 0 Å². The lowest BCUT2D eigenvalue weighted by Gasteiger charge is -2.43. The third kappa shape index (κ3) is 4.26. The summed E-state index contributed by atoms with van der Waals surface area (Å²) in [7, 11) is -4.57. The molecular weight excluding hydrogens is 590 g/mol. The van der Waals surface area contributed by atoms with Gasteiger partial charge >= 0.3 is 18.0 Å². The summed E-state index contributed by atoms with van der Waals surface area (Å²) in [4.78, 5) is 14.1. The second kappa shape index (κ2) is 9.46. The first-order chi connectivity index (χ1) is 19.0. The Hall–Kier alpha value is -3.63. The normalized spacial score (nSPS) is 21.5. The van der Waals surface area contributed by atoms with Crippen molar-refractivity contribution < 1.29 is 48.3 Å². The van der Waals surface area contributed by atoms with Crippen LogP contribution in [0.2, 0.25) is 0 Å². The zero-order valence-electron chi connectivity index (χ0n) is 20.6. The van der Waals surface area contributed by atoms with E-state index in [1.165, 1.54) is 4.90 Å². The Morgan fingerprint density at radius 3 is 2.27 bits per heavy atom. The van der Waals surface area contributed by atoms with Gasteiger partial charge in [-0.25, -0.2) is 17.2 Å². The minimum Gasteiger partial charge on any atom is -0.337 e. The van der Waals surface area contributed by atoms with E-state index in [1.54, 1.807) is 0 Å². The second-order valence-corrected chi connectivity index (χ2v) is 12.0. The molecule has 220 valence electrons. The lowest BCUT2D eigenvalue weighted by molar-refractivity contribution is -0.348. The number of nitrogens with one attached hydrogen (secondary N) is 1. The van der Waals surface area contributed by atoms with E-state index >= 15 is 0 Å². The van der Waals surface area contributed by atoms with Crippen LogP contribution in [0.3, 0.4) is 0 Å². The number of tetrazole rings is 1. The zero-order valence-corrected chi connectivity index (χ0v) is 21.4. The maximum atomic E-state index is 14.9. The molecule has 1 N–H and O–H groups in total. The number of carbonyl (C=O) groups is 1. The number of aryl methyl sites for hydroxylation is 1. The number of fused-ring (bicyclic) bond motifs is 3. The van der Waals surface area contributed by atoms with Crippen LogP contribution < -0.4 is 0 Å². The van der Waals surface area contributed by atoms with Crippen molar-refractivity contribution in [1.29, 1.82) is 0 Å². The first-order valence-corrected chi connectivity index (χ1v) is 13.5. The fourth-order valence-electron chi connectivity index (χ4n) is 5.85. The largest absolute Gasteiger partial charge is 0.435 e. The molecule has 2 aromatic carbocycles. The van der Waals surface area contributed by atoms with Crippen molar-refractivity contribution in [1.82, 2.24) is 25.5 Å². The number of hydrogen-bond acceptors (Lipinski definition) is 6. The molecule has 3 aromatic rings. The highest BCUT2D eigenvalue weighted by Gasteiger charge is 2.73. The Labute approximate surface area is 226 Å². The molecule has 2 aliphatic rings. The zero-order chi connectivity index (χ0) is 30.0. The summed E-state index contributed by atoms with van der Waals surface area (Å²) >= 11 is 0. The van der Waals surface area contributed by atoms with Gasteiger partial charge in [0.05, 0.1) is 17.4 Å². The third-order valence-corrected chi connectivity index (χ3v) is 10.2. The van der Waals surface area contributed by atoms with E-state index in [9.17, 15) is 48.3 Å². The molecule has 8 nitrogen and oxygen atoms in total. The summed E-state index contributed by atoms with van der Waals surface area (Å²) in [5.41, 5.74) is -7.86. The van der Waals surface area contributed by atoms with E-state index < -0.39 is 55.9 Å². The second-order valence-electron chi connectivity index (χ2n) is 9.77. The average molecular weight is 609 g/mol. The van der Waals surface area contributed by atoms with E-state index in [0.29, 0.717) is 6.07 Å². The van der Waals surface area contributed by atoms with Crippen LogP contribution in [0.15, 0.2) is 47.4 Å². The van der Waals surface area contributed by atoms with Crippen molar-refractivity contribution in [3.63, 3.8) is 0 Å². The van der Waals surface area contributed by atoms with E-state index in [2.05, 4.69) is 20.6 Å². The van der Waals surface area contributed by atoms with Crippen LogP contribution in [0.1, 0.15) is 35.4 Å². The summed E-state index contributed by atoms with van der Waals surface area (Å²) in [5.74, 6) is -1.34. The van der Waals surface area contributed by atoms with Gasteiger partial charge in [0.2, 0.25) is 5.91 Å². The molecule has 1 aromatic heterocycles. The Morgan fingerprint density at radius 2 is 1.68 bits per heavy atom. The molecule has 1 fully saturated rings. The van der Waals surface area contributed by atoms with Crippen LogP contribution in [-0.2, 0) is 37.9 Å². The fourth-order valence-corrected chi connectivity index (χ4v) is 8.21. The Kier molecular flexibility index (Phi) is 6.66. The summed E-state index contributed by atoms with van der Waals surface area (Å²) in [6.07, 6.45) is -13.8.